The predicted octanol–water partition coefficient (Wildman–Crippen LogP) is 3.55. The van der Waals surface area contributed by atoms with Gasteiger partial charge in [0.1, 0.15) is 11.6 Å². The first kappa shape index (κ1) is 24.2. The van der Waals surface area contributed by atoms with Crippen molar-refractivity contribution in [2.24, 2.45) is 5.92 Å². The molecule has 0 radical (unpaired) electrons. The second-order valence-electron chi connectivity index (χ2n) is 8.91. The minimum absolute atomic E-state index is 0.101. The maximum Gasteiger partial charge on any atom is 0.425 e. The van der Waals surface area contributed by atoms with E-state index in [2.05, 4.69) is 4.98 Å². The molecule has 1 aliphatic carbocycles. The summed E-state index contributed by atoms with van der Waals surface area (Å²) in [7, 11) is 0. The van der Waals surface area contributed by atoms with Crippen molar-refractivity contribution in [3.63, 3.8) is 0 Å². The van der Waals surface area contributed by atoms with E-state index in [-0.39, 0.29) is 17.7 Å². The van der Waals surface area contributed by atoms with Crippen molar-refractivity contribution in [3.8, 4) is 11.4 Å². The number of hydrogen-bond acceptors (Lipinski definition) is 5. The number of hydrogen-bond donors (Lipinski definition) is 3. The quantitative estimate of drug-likeness (QED) is 0.450. The van der Waals surface area contributed by atoms with Gasteiger partial charge in [0.15, 0.2) is 0 Å². The third-order valence-electron chi connectivity index (χ3n) is 6.67. The minimum Gasteiger partial charge on any atom is -0.394 e. The topological polar surface area (TPSA) is 81.2 Å². The molecule has 0 saturated heterocycles. The number of fused-ring (bicyclic) bond motifs is 2. The monoisotopic (exact) mass is 501 g/mol. The highest BCUT2D eigenvalue weighted by atomic mass is 19.4. The Labute approximate surface area is 203 Å². The highest BCUT2D eigenvalue weighted by molar-refractivity contribution is 5.63. The fraction of sp³-hybridized carbons (Fsp3) is 0.269. The molecule has 3 heterocycles. The normalized spacial score (nSPS) is 22.0. The van der Waals surface area contributed by atoms with E-state index in [0.29, 0.717) is 16.9 Å². The average molecular weight is 501 g/mol. The van der Waals surface area contributed by atoms with Gasteiger partial charge in [0.25, 0.3) is 0 Å². The molecule has 0 fully saturated rings. The van der Waals surface area contributed by atoms with E-state index in [1.54, 1.807) is 28.7 Å². The summed E-state index contributed by atoms with van der Waals surface area (Å²) >= 11 is 0. The first-order valence-electron chi connectivity index (χ1n) is 11.3. The van der Waals surface area contributed by atoms with Crippen LogP contribution in [-0.4, -0.2) is 61.1 Å². The van der Waals surface area contributed by atoms with Gasteiger partial charge in [0.2, 0.25) is 5.60 Å². The maximum atomic E-state index is 14.7. The molecule has 0 spiro atoms. The van der Waals surface area contributed by atoms with E-state index in [9.17, 15) is 32.9 Å². The van der Waals surface area contributed by atoms with Crippen LogP contribution in [0.1, 0.15) is 5.56 Å². The van der Waals surface area contributed by atoms with Gasteiger partial charge in [0.05, 0.1) is 30.5 Å². The van der Waals surface area contributed by atoms with Crippen LogP contribution < -0.4 is 0 Å². The summed E-state index contributed by atoms with van der Waals surface area (Å²) in [6.45, 7) is -0.648. The van der Waals surface area contributed by atoms with Crippen molar-refractivity contribution in [2.45, 2.75) is 23.9 Å². The van der Waals surface area contributed by atoms with Crippen LogP contribution in [0.25, 0.3) is 16.9 Å². The Balaban J connectivity index is 1.60. The van der Waals surface area contributed by atoms with Crippen molar-refractivity contribution in [1.82, 2.24) is 14.3 Å². The number of halogens is 4. The molecule has 2 aliphatic rings. The molecule has 6 nitrogen and oxygen atoms in total. The third kappa shape index (κ3) is 3.91. The van der Waals surface area contributed by atoms with Crippen LogP contribution >= 0.6 is 0 Å². The van der Waals surface area contributed by atoms with Gasteiger partial charge in [-0.1, -0.05) is 24.3 Å². The number of pyridine rings is 1. The van der Waals surface area contributed by atoms with Crippen LogP contribution in [0.5, 0.6) is 0 Å². The van der Waals surface area contributed by atoms with Gasteiger partial charge < -0.3 is 20.2 Å². The molecule has 36 heavy (non-hydrogen) atoms. The lowest BCUT2D eigenvalue weighted by atomic mass is 9.77. The Hall–Kier alpha value is -3.47. The Morgan fingerprint density at radius 1 is 1.06 bits per heavy atom. The standard InChI is InChI=1S/C26H23F4N3O3/c27-18-7-5-16(6-8-18)24-31-12-19-11-17(9-10-33(19)24)25(36,26(28,29)30)22-14-32(13-20(35)15-34)23-4-2-1-3-21(22)23/h1-12,14,20-21,23,34-36H,13,15H2. The Morgan fingerprint density at radius 2 is 1.78 bits per heavy atom. The van der Waals surface area contributed by atoms with Gasteiger partial charge in [-0.05, 0) is 36.4 Å². The summed E-state index contributed by atoms with van der Waals surface area (Å²) in [6.07, 6.45) is 4.38. The summed E-state index contributed by atoms with van der Waals surface area (Å²) in [5, 5.41) is 30.6. The molecule has 0 amide bonds. The first-order chi connectivity index (χ1) is 17.1. The van der Waals surface area contributed by atoms with Crippen LogP contribution in [-0.2, 0) is 5.60 Å². The maximum absolute atomic E-state index is 14.7. The summed E-state index contributed by atoms with van der Waals surface area (Å²) in [5.41, 5.74) is -3.10. The number of aliphatic hydroxyl groups is 3. The van der Waals surface area contributed by atoms with E-state index < -0.39 is 42.3 Å². The Kier molecular flexibility index (Phi) is 5.98. The highest BCUT2D eigenvalue weighted by Crippen LogP contribution is 2.51. The number of nitrogens with zero attached hydrogens (tertiary/aromatic N) is 3. The number of benzene rings is 1. The van der Waals surface area contributed by atoms with Crippen molar-refractivity contribution in [2.75, 3.05) is 13.2 Å². The number of imidazole rings is 1. The number of rotatable bonds is 6. The lowest BCUT2D eigenvalue weighted by molar-refractivity contribution is -0.251. The molecule has 3 aromatic rings. The van der Waals surface area contributed by atoms with Gasteiger partial charge in [-0.15, -0.1) is 0 Å². The van der Waals surface area contributed by atoms with Crippen molar-refractivity contribution in [3.05, 3.63) is 96.2 Å². The molecule has 1 aliphatic heterocycles. The minimum atomic E-state index is -5.07. The van der Waals surface area contributed by atoms with E-state index in [4.69, 9.17) is 0 Å². The fourth-order valence-electron chi connectivity index (χ4n) is 4.89. The SMILES string of the molecule is OCC(O)CN1C=C(C(O)(c2ccn3c(-c4ccc(F)cc4)ncc3c2)C(F)(F)F)C2C=CC=CC21. The van der Waals surface area contributed by atoms with E-state index in [1.807, 2.05) is 0 Å². The molecule has 3 N–H and O–H groups in total. The average Bonchev–Trinajstić information content (AvgIpc) is 3.45. The van der Waals surface area contributed by atoms with Crippen molar-refractivity contribution < 1.29 is 32.9 Å². The molecule has 10 heteroatoms. The van der Waals surface area contributed by atoms with Crippen LogP contribution in [0.3, 0.4) is 0 Å². The molecule has 5 rings (SSSR count). The number of alkyl halides is 3. The molecule has 1 aromatic carbocycles. The number of β-amino-alcohol motifs (C(OH)–C–C–N with tert-alkyl or cyclic N) is 1. The number of aliphatic hydroxyl groups excluding tert-OH is 2. The molecule has 2 aromatic heterocycles. The van der Waals surface area contributed by atoms with Gasteiger partial charge in [-0.2, -0.15) is 13.2 Å². The van der Waals surface area contributed by atoms with Gasteiger partial charge >= 0.3 is 6.18 Å². The van der Waals surface area contributed by atoms with Gasteiger partial charge in [-0.3, -0.25) is 4.40 Å². The summed E-state index contributed by atoms with van der Waals surface area (Å²) in [4.78, 5) is 5.78. The van der Waals surface area contributed by atoms with Gasteiger partial charge in [0, 0.05) is 41.6 Å². The molecule has 188 valence electrons. The molecular weight excluding hydrogens is 478 g/mol. The van der Waals surface area contributed by atoms with Crippen LogP contribution in [0.15, 0.2) is 84.9 Å². The van der Waals surface area contributed by atoms with E-state index >= 15 is 0 Å². The highest BCUT2D eigenvalue weighted by Gasteiger charge is 2.61. The number of allylic oxidation sites excluding steroid dienone is 2. The first-order valence-corrected chi connectivity index (χ1v) is 11.3. The lowest BCUT2D eigenvalue weighted by Crippen LogP contribution is -2.46. The summed E-state index contributed by atoms with van der Waals surface area (Å²) < 4.78 is 58.9. The second-order valence-corrected chi connectivity index (χ2v) is 8.91. The molecule has 0 bridgehead atoms. The second kappa shape index (κ2) is 8.88. The van der Waals surface area contributed by atoms with Crippen molar-refractivity contribution >= 4 is 5.52 Å². The van der Waals surface area contributed by atoms with Crippen LogP contribution in [0.4, 0.5) is 17.6 Å². The fourth-order valence-corrected chi connectivity index (χ4v) is 4.89. The summed E-state index contributed by atoms with van der Waals surface area (Å²) in [6, 6.07) is 7.44. The third-order valence-corrected chi connectivity index (χ3v) is 6.67. The predicted molar refractivity (Wildman–Crippen MR) is 124 cm³/mol. The zero-order chi connectivity index (χ0) is 25.7. The van der Waals surface area contributed by atoms with E-state index in [1.165, 1.54) is 59.9 Å². The smallest absolute Gasteiger partial charge is 0.394 e. The lowest BCUT2D eigenvalue weighted by Gasteiger charge is -2.35. The molecular formula is C26H23F4N3O3. The number of aromatic nitrogens is 2. The Bertz CT molecular complexity index is 1360. The summed E-state index contributed by atoms with van der Waals surface area (Å²) in [5.74, 6) is -0.812. The zero-order valence-electron chi connectivity index (χ0n) is 18.8. The van der Waals surface area contributed by atoms with Gasteiger partial charge in [-0.25, -0.2) is 9.37 Å². The molecule has 4 atom stereocenters. The van der Waals surface area contributed by atoms with Crippen LogP contribution in [0.2, 0.25) is 0 Å². The molecule has 0 saturated carbocycles. The largest absolute Gasteiger partial charge is 0.425 e. The van der Waals surface area contributed by atoms with E-state index in [0.717, 1.165) is 0 Å². The molecule has 4 unspecified atom stereocenters. The van der Waals surface area contributed by atoms with Crippen LogP contribution in [0, 0.1) is 11.7 Å². The Morgan fingerprint density at radius 3 is 2.47 bits per heavy atom. The zero-order valence-corrected chi connectivity index (χ0v) is 18.8. The van der Waals surface area contributed by atoms with Crippen molar-refractivity contribution in [1.29, 1.82) is 0 Å².